The summed E-state index contributed by atoms with van der Waals surface area (Å²) in [5.41, 5.74) is 6.54. The Balaban J connectivity index is 0.000000196. The number of methoxy groups -OCH3 is 4. The van der Waals surface area contributed by atoms with Gasteiger partial charge in [-0.1, -0.05) is 47.0 Å². The molecule has 2 aromatic heterocycles. The second kappa shape index (κ2) is 21.3. The van der Waals surface area contributed by atoms with Crippen molar-refractivity contribution in [2.45, 2.75) is 36.5 Å². The van der Waals surface area contributed by atoms with E-state index < -0.39 is 25.9 Å². The van der Waals surface area contributed by atoms with E-state index in [-0.39, 0.29) is 20.6 Å². The van der Waals surface area contributed by atoms with E-state index in [2.05, 4.69) is 52.2 Å². The molecule has 0 amide bonds. The molecule has 0 aliphatic carbocycles. The Morgan fingerprint density at radius 3 is 1.42 bits per heavy atom. The van der Waals surface area contributed by atoms with Gasteiger partial charge in [-0.05, 0) is 61.4 Å². The lowest BCUT2D eigenvalue weighted by Gasteiger charge is -2.34. The third-order valence-electron chi connectivity index (χ3n) is 11.1. The van der Waals surface area contributed by atoms with Crippen molar-refractivity contribution < 1.29 is 40.2 Å². The Hall–Kier alpha value is -5.02. The van der Waals surface area contributed by atoms with Gasteiger partial charge in [0.1, 0.15) is 38.6 Å². The van der Waals surface area contributed by atoms with Gasteiger partial charge in [-0.2, -0.15) is 8.61 Å². The molecular formula is C46H52ClFN6O8S4. The normalized spacial score (nSPS) is 15.0. The van der Waals surface area contributed by atoms with E-state index in [1.54, 1.807) is 47.7 Å². The van der Waals surface area contributed by atoms with Crippen LogP contribution in [0.15, 0.2) is 93.3 Å². The molecule has 352 valence electrons. The molecule has 2 aliphatic rings. The third-order valence-corrected chi connectivity index (χ3v) is 17.1. The SMILES string of the molecule is COc1ccc(OC)c(S(=O)(=O)N2CCN(c3nc(Cc4cc(C)cc(C)c4)cs3)CC2)c1.COc1ccc(OC)c(S(=O)(=O)N2CCN(c3nc(Cc4ccc(F)c(Cl)c4)cs3)CC2)c1. The Morgan fingerprint density at radius 1 is 0.576 bits per heavy atom. The first-order valence-corrected chi connectivity index (χ1v) is 26.0. The standard InChI is InChI=1S/C24H29N3O4S2.C22H23ClFN3O4S2/c1-17-11-18(2)13-19(12-17)14-20-16-32-24(25-20)26-7-9-27(10-8-26)33(28,29)23-15-21(30-3)5-6-22(23)31-4;1-30-17-4-6-20(31-2)21(13-17)33(28,29)27-9-7-26(8-10-27)22-25-16(14-32-22)11-15-3-5-19(24)18(23)12-15/h5-6,11-13,15-16H,7-10,14H2,1-4H3;3-6,12-14H,7-11H2,1-2H3. The number of hydrogen-bond acceptors (Lipinski definition) is 14. The summed E-state index contributed by atoms with van der Waals surface area (Å²) in [5.74, 6) is 1.08. The maximum absolute atomic E-state index is 13.4. The van der Waals surface area contributed by atoms with Crippen molar-refractivity contribution in [1.29, 1.82) is 0 Å². The van der Waals surface area contributed by atoms with E-state index in [1.165, 1.54) is 83.3 Å². The minimum Gasteiger partial charge on any atom is -0.497 e. The summed E-state index contributed by atoms with van der Waals surface area (Å²) in [7, 11) is -1.53. The topological polar surface area (TPSA) is 144 Å². The molecule has 0 atom stereocenters. The number of hydrogen-bond donors (Lipinski definition) is 0. The number of aryl methyl sites for hydroxylation is 2. The van der Waals surface area contributed by atoms with Crippen LogP contribution in [0.3, 0.4) is 0 Å². The number of halogens is 2. The Morgan fingerprint density at radius 2 is 1.02 bits per heavy atom. The second-order valence-electron chi connectivity index (χ2n) is 15.7. The predicted molar refractivity (Wildman–Crippen MR) is 258 cm³/mol. The predicted octanol–water partition coefficient (Wildman–Crippen LogP) is 7.93. The molecule has 4 heterocycles. The fourth-order valence-electron chi connectivity index (χ4n) is 7.77. The minimum atomic E-state index is -3.74. The number of sulfonamides is 2. The molecule has 2 saturated heterocycles. The van der Waals surface area contributed by atoms with Gasteiger partial charge in [0.05, 0.1) is 44.8 Å². The van der Waals surface area contributed by atoms with Gasteiger partial charge < -0.3 is 28.7 Å². The maximum atomic E-state index is 13.4. The molecule has 0 unspecified atom stereocenters. The van der Waals surface area contributed by atoms with Gasteiger partial charge in [-0.25, -0.2) is 31.2 Å². The fraction of sp³-hybridized carbons (Fsp3) is 0.348. The highest BCUT2D eigenvalue weighted by atomic mass is 35.5. The summed E-state index contributed by atoms with van der Waals surface area (Å²) >= 11 is 8.98. The average molecular weight is 1000 g/mol. The van der Waals surface area contributed by atoms with Crippen LogP contribution in [0.4, 0.5) is 14.7 Å². The molecular weight excluding hydrogens is 947 g/mol. The molecule has 20 heteroatoms. The number of benzene rings is 4. The van der Waals surface area contributed by atoms with E-state index in [9.17, 15) is 21.2 Å². The molecule has 6 aromatic rings. The fourth-order valence-corrected chi connectivity index (χ4v) is 12.9. The smallest absolute Gasteiger partial charge is 0.247 e. The van der Waals surface area contributed by atoms with Gasteiger partial charge in [0.15, 0.2) is 10.3 Å². The number of piperazine rings is 2. The zero-order valence-corrected chi connectivity index (χ0v) is 41.5. The summed E-state index contributed by atoms with van der Waals surface area (Å²) in [6, 6.07) is 20.8. The molecule has 0 N–H and O–H groups in total. The van der Waals surface area contributed by atoms with Crippen molar-refractivity contribution in [1.82, 2.24) is 18.6 Å². The van der Waals surface area contributed by atoms with Crippen LogP contribution in [0.1, 0.15) is 33.6 Å². The second-order valence-corrected chi connectivity index (χ2v) is 21.5. The number of thiazole rings is 2. The van der Waals surface area contributed by atoms with Gasteiger partial charge in [0.25, 0.3) is 0 Å². The zero-order valence-electron chi connectivity index (χ0n) is 37.5. The van der Waals surface area contributed by atoms with Crippen LogP contribution in [0.2, 0.25) is 5.02 Å². The van der Waals surface area contributed by atoms with Crippen LogP contribution in [0.5, 0.6) is 23.0 Å². The van der Waals surface area contributed by atoms with Crippen LogP contribution in [-0.4, -0.2) is 116 Å². The van der Waals surface area contributed by atoms with Gasteiger partial charge in [0.2, 0.25) is 20.0 Å². The van der Waals surface area contributed by atoms with Crippen molar-refractivity contribution in [2.24, 2.45) is 0 Å². The molecule has 66 heavy (non-hydrogen) atoms. The van der Waals surface area contributed by atoms with E-state index in [1.807, 2.05) is 5.38 Å². The van der Waals surface area contributed by atoms with Gasteiger partial charge >= 0.3 is 0 Å². The van der Waals surface area contributed by atoms with Crippen molar-refractivity contribution in [3.63, 3.8) is 0 Å². The first-order chi connectivity index (χ1) is 31.6. The minimum absolute atomic E-state index is 0.0901. The van der Waals surface area contributed by atoms with E-state index in [0.29, 0.717) is 76.0 Å². The van der Waals surface area contributed by atoms with Crippen molar-refractivity contribution in [3.8, 4) is 23.0 Å². The Kier molecular flexibility index (Phi) is 15.8. The summed E-state index contributed by atoms with van der Waals surface area (Å²) in [6.07, 6.45) is 1.34. The third kappa shape index (κ3) is 11.4. The molecule has 0 bridgehead atoms. The molecule has 0 saturated carbocycles. The summed E-state index contributed by atoms with van der Waals surface area (Å²) in [5, 5.41) is 5.90. The molecule has 2 fully saturated rings. The molecule has 0 spiro atoms. The van der Waals surface area contributed by atoms with Gasteiger partial charge in [0, 0.05) is 88.1 Å². The highest BCUT2D eigenvalue weighted by molar-refractivity contribution is 7.89. The van der Waals surface area contributed by atoms with Gasteiger partial charge in [-0.15, -0.1) is 22.7 Å². The summed E-state index contributed by atoms with van der Waals surface area (Å²) in [4.78, 5) is 13.9. The van der Waals surface area contributed by atoms with E-state index >= 15 is 0 Å². The highest BCUT2D eigenvalue weighted by Crippen LogP contribution is 2.34. The Labute approximate surface area is 399 Å². The van der Waals surface area contributed by atoms with Crippen molar-refractivity contribution in [3.05, 3.63) is 128 Å². The van der Waals surface area contributed by atoms with Crippen LogP contribution in [-0.2, 0) is 32.9 Å². The summed E-state index contributed by atoms with van der Waals surface area (Å²) < 4.78 is 90.4. The van der Waals surface area contributed by atoms with Gasteiger partial charge in [-0.3, -0.25) is 0 Å². The average Bonchev–Trinajstić information content (AvgIpc) is 4.00. The first-order valence-electron chi connectivity index (χ1n) is 21.0. The van der Waals surface area contributed by atoms with Crippen LogP contribution >= 0.6 is 34.3 Å². The highest BCUT2D eigenvalue weighted by Gasteiger charge is 2.33. The monoisotopic (exact) mass is 998 g/mol. The number of anilines is 2. The lowest BCUT2D eigenvalue weighted by molar-refractivity contribution is 0.370. The van der Waals surface area contributed by atoms with Crippen molar-refractivity contribution >= 4 is 64.6 Å². The zero-order chi connectivity index (χ0) is 47.2. The summed E-state index contributed by atoms with van der Waals surface area (Å²) in [6.45, 7) is 7.83. The lowest BCUT2D eigenvalue weighted by atomic mass is 10.0. The Bertz CT molecular complexity index is 2840. The number of rotatable bonds is 14. The molecule has 2 aliphatic heterocycles. The first kappa shape index (κ1) is 48.9. The molecule has 8 rings (SSSR count). The number of aromatic nitrogens is 2. The lowest BCUT2D eigenvalue weighted by Crippen LogP contribution is -2.48. The molecule has 0 radical (unpaired) electrons. The molecule has 4 aromatic carbocycles. The molecule has 14 nitrogen and oxygen atoms in total. The quantitative estimate of drug-likeness (QED) is 0.105. The van der Waals surface area contributed by atoms with Crippen LogP contribution < -0.4 is 28.7 Å². The van der Waals surface area contributed by atoms with Crippen LogP contribution in [0, 0.1) is 19.7 Å². The largest absolute Gasteiger partial charge is 0.497 e. The van der Waals surface area contributed by atoms with Crippen LogP contribution in [0.25, 0.3) is 0 Å². The van der Waals surface area contributed by atoms with E-state index in [4.69, 9.17) is 35.5 Å². The maximum Gasteiger partial charge on any atom is 0.247 e. The van der Waals surface area contributed by atoms with Crippen molar-refractivity contribution in [2.75, 3.05) is 90.6 Å². The number of ether oxygens (including phenoxy) is 4. The number of nitrogens with zero attached hydrogens (tertiary/aromatic N) is 6. The van der Waals surface area contributed by atoms with E-state index in [0.717, 1.165) is 33.6 Å².